The number of ketones is 1. The molecule has 0 saturated carbocycles. The molecule has 3 rings (SSSR count). The maximum atomic E-state index is 12.6. The highest BCUT2D eigenvalue weighted by Crippen LogP contribution is 2.38. The largest absolute Gasteiger partial charge is 0.387 e. The van der Waals surface area contributed by atoms with Gasteiger partial charge in [-0.1, -0.05) is 18.6 Å². The first kappa shape index (κ1) is 15.3. The van der Waals surface area contributed by atoms with E-state index in [1.807, 2.05) is 18.0 Å². The third-order valence-electron chi connectivity index (χ3n) is 4.24. The molecule has 1 fully saturated rings. The Kier molecular flexibility index (Phi) is 3.67. The van der Waals surface area contributed by atoms with Gasteiger partial charge in [-0.15, -0.1) is 0 Å². The van der Waals surface area contributed by atoms with Crippen LogP contribution in [-0.2, 0) is 4.79 Å². The van der Waals surface area contributed by atoms with Gasteiger partial charge in [0.15, 0.2) is 10.9 Å². The molecule has 0 aliphatic carbocycles. The molecule has 2 aliphatic heterocycles. The maximum Gasteiger partial charge on any atom is 0.246 e. The molecular weight excluding hydrogens is 299 g/mol. The predicted octanol–water partition coefficient (Wildman–Crippen LogP) is 1.25. The van der Waals surface area contributed by atoms with E-state index in [0.717, 1.165) is 0 Å². The van der Waals surface area contributed by atoms with Crippen LogP contribution in [0.25, 0.3) is 0 Å². The van der Waals surface area contributed by atoms with E-state index in [0.29, 0.717) is 23.1 Å². The smallest absolute Gasteiger partial charge is 0.246 e. The van der Waals surface area contributed by atoms with Crippen LogP contribution < -0.4 is 4.90 Å². The van der Waals surface area contributed by atoms with Gasteiger partial charge in [-0.2, -0.15) is 0 Å². The molecule has 0 aromatic carbocycles. The Hall–Kier alpha value is -1.57. The summed E-state index contributed by atoms with van der Waals surface area (Å²) >= 11 is 1.43. The van der Waals surface area contributed by atoms with Gasteiger partial charge >= 0.3 is 0 Å². The molecule has 0 spiro atoms. The molecule has 1 amide bonds. The molecule has 3 heterocycles. The zero-order valence-electron chi connectivity index (χ0n) is 13.2. The van der Waals surface area contributed by atoms with E-state index < -0.39 is 6.04 Å². The van der Waals surface area contributed by atoms with Crippen LogP contribution in [0.5, 0.6) is 0 Å². The number of piperazine rings is 1. The molecule has 2 aliphatic rings. The Bertz CT molecular complexity index is 652. The van der Waals surface area contributed by atoms with Gasteiger partial charge < -0.3 is 9.71 Å². The summed E-state index contributed by atoms with van der Waals surface area (Å²) < 4.78 is 0. The first-order valence-corrected chi connectivity index (χ1v) is 8.45. The number of fused-ring (bicyclic) bond motifs is 3. The van der Waals surface area contributed by atoms with Gasteiger partial charge in [0.25, 0.3) is 0 Å². The van der Waals surface area contributed by atoms with Gasteiger partial charge in [0.1, 0.15) is 11.9 Å². The normalized spacial score (nSPS) is 23.2. The number of anilines is 1. The highest BCUT2D eigenvalue weighted by atomic mass is 32.2. The minimum atomic E-state index is -0.482. The summed E-state index contributed by atoms with van der Waals surface area (Å²) in [6.45, 7) is 6.56. The lowest BCUT2D eigenvalue weighted by molar-refractivity contribution is -0.131. The number of thioether (sulfide) groups is 1. The maximum absolute atomic E-state index is 12.6. The van der Waals surface area contributed by atoms with Crippen molar-refractivity contribution in [2.75, 3.05) is 17.7 Å². The fourth-order valence-corrected chi connectivity index (χ4v) is 3.58. The van der Waals surface area contributed by atoms with E-state index in [-0.39, 0.29) is 23.7 Å². The average Bonchev–Trinajstić information content (AvgIpc) is 2.49. The van der Waals surface area contributed by atoms with Crippen LogP contribution in [-0.4, -0.2) is 58.3 Å². The van der Waals surface area contributed by atoms with Crippen molar-refractivity contribution >= 4 is 36.7 Å². The van der Waals surface area contributed by atoms with Crippen LogP contribution in [0.2, 0.25) is 6.82 Å². The third-order valence-corrected chi connectivity index (χ3v) is 4.80. The van der Waals surface area contributed by atoms with E-state index in [1.54, 1.807) is 18.4 Å². The van der Waals surface area contributed by atoms with Crippen LogP contribution in [0.4, 0.5) is 5.82 Å². The lowest BCUT2D eigenvalue weighted by atomic mass is 9.82. The van der Waals surface area contributed by atoms with Crippen LogP contribution >= 0.6 is 11.8 Å². The van der Waals surface area contributed by atoms with E-state index in [1.165, 1.54) is 11.8 Å². The van der Waals surface area contributed by atoms with Crippen molar-refractivity contribution in [2.45, 2.75) is 43.8 Å². The molecule has 1 unspecified atom stereocenters. The number of aromatic nitrogens is 2. The summed E-state index contributed by atoms with van der Waals surface area (Å²) in [5.41, 5.74) is 0.216. The molecule has 0 bridgehead atoms. The molecule has 1 atom stereocenters. The van der Waals surface area contributed by atoms with Crippen LogP contribution in [0, 0.1) is 0 Å². The van der Waals surface area contributed by atoms with Gasteiger partial charge in [0, 0.05) is 19.2 Å². The Morgan fingerprint density at radius 1 is 1.41 bits per heavy atom. The Balaban J connectivity index is 2.14. The van der Waals surface area contributed by atoms with Gasteiger partial charge in [0.2, 0.25) is 13.3 Å². The van der Waals surface area contributed by atoms with E-state index >= 15 is 0 Å². The summed E-state index contributed by atoms with van der Waals surface area (Å²) in [6.07, 6.45) is 3.66. The molecule has 1 aromatic heterocycles. The lowest BCUT2D eigenvalue weighted by Crippen LogP contribution is -2.69. The molecule has 1 radical (unpaired) electrons. The number of rotatable bonds is 2. The Morgan fingerprint density at radius 3 is 2.77 bits per heavy atom. The van der Waals surface area contributed by atoms with Crippen molar-refractivity contribution in [1.82, 2.24) is 14.8 Å². The Labute approximate surface area is 134 Å². The summed E-state index contributed by atoms with van der Waals surface area (Å²) in [4.78, 5) is 37.5. The molecule has 1 aromatic rings. The second-order valence-corrected chi connectivity index (χ2v) is 6.92. The van der Waals surface area contributed by atoms with Crippen molar-refractivity contribution in [3.05, 3.63) is 11.8 Å². The number of carbonyl (C=O) groups excluding carboxylic acids is 2. The van der Waals surface area contributed by atoms with Crippen molar-refractivity contribution in [1.29, 1.82) is 0 Å². The second-order valence-electron chi connectivity index (χ2n) is 6.14. The zero-order valence-corrected chi connectivity index (χ0v) is 14.0. The number of Topliss-reactive ketones (excluding diaryl/α,β-unsaturated/α-hetero) is 1. The SMILES string of the molecule is C[B]N1CC(C)(C)N2c3nc(SC)ncc3C(=O)CC2C1=O. The Morgan fingerprint density at radius 2 is 2.14 bits per heavy atom. The summed E-state index contributed by atoms with van der Waals surface area (Å²) in [5, 5.41) is 0.611. The van der Waals surface area contributed by atoms with Crippen molar-refractivity contribution in [3.8, 4) is 0 Å². The van der Waals surface area contributed by atoms with Crippen molar-refractivity contribution in [3.63, 3.8) is 0 Å². The summed E-state index contributed by atoms with van der Waals surface area (Å²) in [5.74, 6) is 0.492. The summed E-state index contributed by atoms with van der Waals surface area (Å²) in [6, 6.07) is -0.482. The number of carbonyl (C=O) groups is 2. The van der Waals surface area contributed by atoms with Crippen LogP contribution in [0.1, 0.15) is 30.6 Å². The predicted molar refractivity (Wildman–Crippen MR) is 86.4 cm³/mol. The number of hydrogen-bond acceptors (Lipinski definition) is 6. The third kappa shape index (κ3) is 2.20. The topological polar surface area (TPSA) is 66.4 Å². The van der Waals surface area contributed by atoms with Gasteiger partial charge in [-0.25, -0.2) is 9.97 Å². The molecule has 6 nitrogen and oxygen atoms in total. The molecule has 22 heavy (non-hydrogen) atoms. The fraction of sp³-hybridized carbons (Fsp3) is 0.571. The lowest BCUT2D eigenvalue weighted by Gasteiger charge is -2.53. The number of amides is 1. The first-order chi connectivity index (χ1) is 10.4. The summed E-state index contributed by atoms with van der Waals surface area (Å²) in [7, 11) is 1.79. The molecule has 1 saturated heterocycles. The minimum Gasteiger partial charge on any atom is -0.387 e. The van der Waals surface area contributed by atoms with Gasteiger partial charge in [-0.05, 0) is 20.1 Å². The highest BCUT2D eigenvalue weighted by Gasteiger charge is 2.49. The first-order valence-electron chi connectivity index (χ1n) is 7.22. The number of nitrogens with zero attached hydrogens (tertiary/aromatic N) is 4. The quantitative estimate of drug-likeness (QED) is 0.465. The van der Waals surface area contributed by atoms with Crippen molar-refractivity contribution < 1.29 is 9.59 Å². The highest BCUT2D eigenvalue weighted by molar-refractivity contribution is 7.98. The molecule has 8 heteroatoms. The second kappa shape index (κ2) is 5.26. The molecule has 0 N–H and O–H groups in total. The van der Waals surface area contributed by atoms with Gasteiger partial charge in [0.05, 0.1) is 11.1 Å². The monoisotopic (exact) mass is 317 g/mol. The van der Waals surface area contributed by atoms with E-state index in [4.69, 9.17) is 0 Å². The van der Waals surface area contributed by atoms with Gasteiger partial charge in [-0.3, -0.25) is 9.59 Å². The standard InChI is InChI=1S/C14H18BN4O2S/c1-14(2)7-18(15-3)12(21)9-5-10(20)8-6-16-13(22-4)17-11(8)19(9)14/h6,9H,5,7H2,1-4H3. The van der Waals surface area contributed by atoms with E-state index in [9.17, 15) is 9.59 Å². The average molecular weight is 317 g/mol. The fourth-order valence-electron chi connectivity index (χ4n) is 3.25. The van der Waals surface area contributed by atoms with Crippen LogP contribution in [0.15, 0.2) is 11.4 Å². The molecular formula is C14H18BN4O2S. The van der Waals surface area contributed by atoms with Crippen molar-refractivity contribution in [2.24, 2.45) is 0 Å². The molecule has 115 valence electrons. The van der Waals surface area contributed by atoms with Crippen LogP contribution in [0.3, 0.4) is 0 Å². The van der Waals surface area contributed by atoms with E-state index in [2.05, 4.69) is 23.8 Å². The number of hydrogen-bond donors (Lipinski definition) is 0. The zero-order chi connectivity index (χ0) is 16.1. The minimum absolute atomic E-state index is 0.0369.